The highest BCUT2D eigenvalue weighted by Crippen LogP contribution is 2.21. The van der Waals surface area contributed by atoms with Gasteiger partial charge in [0.2, 0.25) is 5.91 Å². The van der Waals surface area contributed by atoms with Crippen molar-refractivity contribution < 1.29 is 4.79 Å². The number of pyridine rings is 1. The Bertz CT molecular complexity index is 549. The second-order valence-electron chi connectivity index (χ2n) is 3.99. The minimum atomic E-state index is -0.474. The van der Waals surface area contributed by atoms with E-state index in [1.807, 2.05) is 19.2 Å². The molecule has 0 fully saturated rings. The molecule has 0 radical (unpaired) electrons. The fraction of sp³-hybridized carbons (Fsp3) is 0.250. The van der Waals surface area contributed by atoms with Gasteiger partial charge in [-0.25, -0.2) is 9.97 Å². The second kappa shape index (κ2) is 5.14. The number of carbonyl (C=O) groups is 1. The summed E-state index contributed by atoms with van der Waals surface area (Å²) in [7, 11) is 0. The zero-order chi connectivity index (χ0) is 13.1. The number of carbonyl (C=O) groups excluding carboxylic acids is 1. The molecule has 0 aliphatic rings. The molecule has 0 saturated carbocycles. The van der Waals surface area contributed by atoms with Gasteiger partial charge in [-0.3, -0.25) is 4.79 Å². The van der Waals surface area contributed by atoms with E-state index in [-0.39, 0.29) is 6.04 Å². The van der Waals surface area contributed by atoms with E-state index >= 15 is 0 Å². The Morgan fingerprint density at radius 2 is 2.28 bits per heavy atom. The van der Waals surface area contributed by atoms with E-state index in [4.69, 9.17) is 5.73 Å². The summed E-state index contributed by atoms with van der Waals surface area (Å²) in [5.74, 6) is 0.220. The number of aromatic nitrogens is 2. The second-order valence-corrected chi connectivity index (χ2v) is 4.88. The summed E-state index contributed by atoms with van der Waals surface area (Å²) in [6.45, 7) is 3.98. The maximum absolute atomic E-state index is 10.9. The van der Waals surface area contributed by atoms with E-state index in [2.05, 4.69) is 15.3 Å². The number of anilines is 1. The fourth-order valence-corrected chi connectivity index (χ4v) is 2.28. The third-order valence-corrected chi connectivity index (χ3v) is 3.56. The lowest BCUT2D eigenvalue weighted by molar-refractivity contribution is 0.1000. The van der Waals surface area contributed by atoms with Gasteiger partial charge in [-0.05, 0) is 26.0 Å². The summed E-state index contributed by atoms with van der Waals surface area (Å²) < 4.78 is 0. The van der Waals surface area contributed by atoms with Crippen molar-refractivity contribution in [2.24, 2.45) is 5.73 Å². The predicted molar refractivity (Wildman–Crippen MR) is 71.6 cm³/mol. The van der Waals surface area contributed by atoms with Gasteiger partial charge in [0.15, 0.2) is 0 Å². The molecule has 0 spiro atoms. The Labute approximate surface area is 109 Å². The number of rotatable bonds is 4. The van der Waals surface area contributed by atoms with E-state index in [9.17, 15) is 4.79 Å². The Morgan fingerprint density at radius 1 is 1.50 bits per heavy atom. The Balaban J connectivity index is 2.07. The average molecular weight is 262 g/mol. The van der Waals surface area contributed by atoms with Crippen molar-refractivity contribution in [3.63, 3.8) is 0 Å². The number of nitrogens with one attached hydrogen (secondary N) is 1. The number of amides is 1. The van der Waals surface area contributed by atoms with Gasteiger partial charge in [0.25, 0.3) is 0 Å². The van der Waals surface area contributed by atoms with E-state index in [0.717, 1.165) is 10.7 Å². The predicted octanol–water partition coefficient (Wildman–Crippen LogP) is 2.12. The van der Waals surface area contributed by atoms with Crippen LogP contribution in [-0.2, 0) is 0 Å². The summed E-state index contributed by atoms with van der Waals surface area (Å²) >= 11 is 1.61. The molecular formula is C12H14N4OS. The maximum atomic E-state index is 10.9. The molecule has 0 bridgehead atoms. The van der Waals surface area contributed by atoms with Crippen molar-refractivity contribution in [3.8, 4) is 0 Å². The van der Waals surface area contributed by atoms with Crippen LogP contribution in [0.3, 0.4) is 0 Å². The lowest BCUT2D eigenvalue weighted by Crippen LogP contribution is -2.12. The molecule has 2 aromatic rings. The van der Waals surface area contributed by atoms with Crippen LogP contribution in [0.1, 0.15) is 34.0 Å². The van der Waals surface area contributed by atoms with Gasteiger partial charge in [-0.2, -0.15) is 0 Å². The molecule has 1 amide bonds. The normalized spacial score (nSPS) is 12.1. The number of aryl methyl sites for hydroxylation is 1. The zero-order valence-electron chi connectivity index (χ0n) is 10.2. The van der Waals surface area contributed by atoms with E-state index in [1.54, 1.807) is 23.5 Å². The molecule has 0 saturated heterocycles. The molecular weight excluding hydrogens is 248 g/mol. The van der Waals surface area contributed by atoms with Gasteiger partial charge in [-0.1, -0.05) is 0 Å². The van der Waals surface area contributed by atoms with Crippen LogP contribution < -0.4 is 11.1 Å². The highest BCUT2D eigenvalue weighted by molar-refractivity contribution is 7.09. The number of nitrogens with two attached hydrogens (primary N) is 1. The van der Waals surface area contributed by atoms with Crippen LogP contribution in [0.25, 0.3) is 0 Å². The third-order valence-electron chi connectivity index (χ3n) is 2.42. The first-order chi connectivity index (χ1) is 8.56. The first-order valence-electron chi connectivity index (χ1n) is 5.50. The molecule has 3 N–H and O–H groups in total. The first kappa shape index (κ1) is 12.5. The molecule has 94 valence electrons. The molecule has 18 heavy (non-hydrogen) atoms. The molecule has 2 heterocycles. The topological polar surface area (TPSA) is 80.9 Å². The van der Waals surface area contributed by atoms with Gasteiger partial charge in [0.1, 0.15) is 10.8 Å². The zero-order valence-corrected chi connectivity index (χ0v) is 11.0. The van der Waals surface area contributed by atoms with E-state index in [1.165, 1.54) is 6.20 Å². The number of hydrogen-bond acceptors (Lipinski definition) is 5. The van der Waals surface area contributed by atoms with Crippen LogP contribution in [0.4, 0.5) is 5.82 Å². The molecule has 6 heteroatoms. The first-order valence-corrected chi connectivity index (χ1v) is 6.38. The minimum absolute atomic E-state index is 0.0793. The quantitative estimate of drug-likeness (QED) is 0.884. The van der Waals surface area contributed by atoms with Crippen molar-refractivity contribution in [2.45, 2.75) is 19.9 Å². The van der Waals surface area contributed by atoms with Gasteiger partial charge in [0.05, 0.1) is 11.6 Å². The Kier molecular flexibility index (Phi) is 3.57. The standard InChI is InChI=1S/C12H14N4OS/c1-7-6-18-12(15-7)8(2)16-10-4-3-9(5-14-10)11(13)17/h3-6,8H,1-2H3,(H2,13,17)(H,14,16). The molecule has 2 rings (SSSR count). The number of thiazole rings is 1. The van der Waals surface area contributed by atoms with Crippen LogP contribution in [0.15, 0.2) is 23.7 Å². The van der Waals surface area contributed by atoms with Crippen LogP contribution in [0.2, 0.25) is 0 Å². The van der Waals surface area contributed by atoms with Gasteiger partial charge >= 0.3 is 0 Å². The van der Waals surface area contributed by atoms with Gasteiger partial charge < -0.3 is 11.1 Å². The fourth-order valence-electron chi connectivity index (χ4n) is 1.48. The maximum Gasteiger partial charge on any atom is 0.250 e. The molecule has 1 unspecified atom stereocenters. The van der Waals surface area contributed by atoms with Gasteiger partial charge in [0, 0.05) is 17.3 Å². The number of nitrogens with zero attached hydrogens (tertiary/aromatic N) is 2. The SMILES string of the molecule is Cc1csc(C(C)Nc2ccc(C(N)=O)cn2)n1. The summed E-state index contributed by atoms with van der Waals surface area (Å²) in [5, 5.41) is 6.24. The Morgan fingerprint density at radius 3 is 2.78 bits per heavy atom. The average Bonchev–Trinajstić information content (AvgIpc) is 2.76. The lowest BCUT2D eigenvalue weighted by atomic mass is 10.2. The molecule has 0 aliphatic heterocycles. The van der Waals surface area contributed by atoms with Crippen molar-refractivity contribution in [1.29, 1.82) is 0 Å². The van der Waals surface area contributed by atoms with Crippen LogP contribution in [-0.4, -0.2) is 15.9 Å². The summed E-state index contributed by atoms with van der Waals surface area (Å²) in [6.07, 6.45) is 1.46. The highest BCUT2D eigenvalue weighted by atomic mass is 32.1. The molecule has 0 aromatic carbocycles. The molecule has 0 aliphatic carbocycles. The third kappa shape index (κ3) is 2.84. The van der Waals surface area contributed by atoms with Crippen LogP contribution >= 0.6 is 11.3 Å². The summed E-state index contributed by atoms with van der Waals surface area (Å²) in [4.78, 5) is 19.5. The molecule has 5 nitrogen and oxygen atoms in total. The Hall–Kier alpha value is -1.95. The van der Waals surface area contributed by atoms with E-state index in [0.29, 0.717) is 11.4 Å². The van der Waals surface area contributed by atoms with E-state index < -0.39 is 5.91 Å². The monoisotopic (exact) mass is 262 g/mol. The van der Waals surface area contributed by atoms with Crippen molar-refractivity contribution >= 4 is 23.1 Å². The largest absolute Gasteiger partial charge is 0.366 e. The van der Waals surface area contributed by atoms with Crippen molar-refractivity contribution in [2.75, 3.05) is 5.32 Å². The van der Waals surface area contributed by atoms with Crippen molar-refractivity contribution in [1.82, 2.24) is 9.97 Å². The molecule has 1 atom stereocenters. The van der Waals surface area contributed by atoms with Gasteiger partial charge in [-0.15, -0.1) is 11.3 Å². The lowest BCUT2D eigenvalue weighted by Gasteiger charge is -2.11. The number of primary amides is 1. The minimum Gasteiger partial charge on any atom is -0.366 e. The van der Waals surface area contributed by atoms with Crippen LogP contribution in [0, 0.1) is 6.92 Å². The summed E-state index contributed by atoms with van der Waals surface area (Å²) in [6, 6.07) is 3.46. The van der Waals surface area contributed by atoms with Crippen molar-refractivity contribution in [3.05, 3.63) is 40.0 Å². The highest BCUT2D eigenvalue weighted by Gasteiger charge is 2.10. The molecule has 2 aromatic heterocycles. The smallest absolute Gasteiger partial charge is 0.250 e. The number of hydrogen-bond donors (Lipinski definition) is 2. The van der Waals surface area contributed by atoms with Crippen LogP contribution in [0.5, 0.6) is 0 Å². The summed E-state index contributed by atoms with van der Waals surface area (Å²) in [5.41, 5.74) is 6.57.